The number of fused-ring (bicyclic) bond motifs is 1. The molecule has 2 aromatic carbocycles. The van der Waals surface area contributed by atoms with E-state index in [4.69, 9.17) is 14.2 Å². The van der Waals surface area contributed by atoms with E-state index in [-0.39, 0.29) is 44.8 Å². The molecule has 2 N–H and O–H groups in total. The number of pyridine rings is 1. The van der Waals surface area contributed by atoms with Crippen molar-refractivity contribution in [1.82, 2.24) is 24.8 Å². The summed E-state index contributed by atoms with van der Waals surface area (Å²) in [6.07, 6.45) is 3.44. The highest BCUT2D eigenvalue weighted by atomic mass is 32.2. The van der Waals surface area contributed by atoms with Crippen LogP contribution >= 0.6 is 0 Å². The molecule has 1 aliphatic carbocycles. The molecule has 1 aliphatic heterocycles. The van der Waals surface area contributed by atoms with Crippen LogP contribution in [0.25, 0.3) is 10.8 Å². The molecule has 5 rings (SSSR count). The molecule has 3 amide bonds. The molecule has 0 unspecified atom stereocenters. The zero-order valence-electron chi connectivity index (χ0n) is 33.5. The number of esters is 1. The number of hydrogen-bond donors (Lipinski definition) is 2. The van der Waals surface area contributed by atoms with Crippen LogP contribution in [-0.2, 0) is 33.9 Å². The summed E-state index contributed by atoms with van der Waals surface area (Å²) in [6.45, 7) is 12.8. The van der Waals surface area contributed by atoms with Gasteiger partial charge in [0.1, 0.15) is 29.3 Å². The molecule has 0 radical (unpaired) electrons. The number of carbonyl (C=O) groups excluding carboxylic acids is 4. The first-order valence-electron chi connectivity index (χ1n) is 19.2. The van der Waals surface area contributed by atoms with E-state index >= 15 is 0 Å². The average molecular weight is 835 g/mol. The van der Waals surface area contributed by atoms with Crippen LogP contribution in [0.4, 0.5) is 10.5 Å². The molecular weight excluding hydrogens is 785 g/mol. The van der Waals surface area contributed by atoms with Crippen LogP contribution in [0.15, 0.2) is 91.0 Å². The van der Waals surface area contributed by atoms with Gasteiger partial charge in [0.05, 0.1) is 18.1 Å². The number of sulfonamides is 1. The van der Waals surface area contributed by atoms with Crippen LogP contribution in [-0.4, -0.2) is 107 Å². The van der Waals surface area contributed by atoms with Crippen molar-refractivity contribution in [2.75, 3.05) is 26.2 Å². The summed E-state index contributed by atoms with van der Waals surface area (Å²) >= 11 is 0. The lowest BCUT2D eigenvalue weighted by Crippen LogP contribution is -2.59. The minimum atomic E-state index is -4.70. The van der Waals surface area contributed by atoms with Crippen LogP contribution < -0.4 is 15.4 Å². The number of allylic oxidation sites excluding steroid dienone is 1. The highest BCUT2D eigenvalue weighted by molar-refractivity contribution is 7.89. The van der Waals surface area contributed by atoms with Gasteiger partial charge in [-0.25, -0.2) is 23.0 Å². The van der Waals surface area contributed by atoms with Gasteiger partial charge in [-0.1, -0.05) is 42.5 Å². The summed E-state index contributed by atoms with van der Waals surface area (Å²) in [7, 11) is -4.70. The van der Waals surface area contributed by atoms with Gasteiger partial charge in [-0.15, -0.1) is 13.2 Å². The van der Waals surface area contributed by atoms with Gasteiger partial charge in [0.25, 0.3) is 5.69 Å². The lowest BCUT2D eigenvalue weighted by atomic mass is 10.1. The van der Waals surface area contributed by atoms with E-state index in [2.05, 4.69) is 28.8 Å². The number of benzene rings is 2. The molecule has 3 aromatic rings. The number of ether oxygens (including phenoxy) is 3. The van der Waals surface area contributed by atoms with Gasteiger partial charge in [-0.2, -0.15) is 4.31 Å². The number of hydrogen-bond acceptors (Lipinski definition) is 12. The Kier molecular flexibility index (Phi) is 13.8. The minimum Gasteiger partial charge on any atom is -0.472 e. The van der Waals surface area contributed by atoms with Crippen LogP contribution in [0.5, 0.6) is 5.88 Å². The van der Waals surface area contributed by atoms with Gasteiger partial charge in [0.2, 0.25) is 27.7 Å². The Labute approximate surface area is 343 Å². The topological polar surface area (TPSA) is 217 Å². The summed E-state index contributed by atoms with van der Waals surface area (Å²) in [5.41, 5.74) is -3.14. The molecule has 2 heterocycles. The SMILES string of the molecule is C=CCCCN(C[C@H](NC(=O)OC(C)(C)C)C(=O)N1C[C@@H](Oc2nccc3ccccc23)C[C@@H]1C(=O)N[C@]1(C(=O)OCC)C[C@H]1C=C)S(=O)(=O)c1ccccc1[N+](=O)[O-]. The Balaban J connectivity index is 1.55. The molecule has 2 fully saturated rings. The smallest absolute Gasteiger partial charge is 0.408 e. The maximum absolute atomic E-state index is 15.0. The van der Waals surface area contributed by atoms with Crippen molar-refractivity contribution >= 4 is 50.4 Å². The van der Waals surface area contributed by atoms with Gasteiger partial charge in [-0.05, 0) is 70.5 Å². The van der Waals surface area contributed by atoms with Crippen molar-refractivity contribution in [3.8, 4) is 5.88 Å². The number of amides is 3. The van der Waals surface area contributed by atoms with Crippen molar-refractivity contribution in [2.45, 2.75) is 87.6 Å². The fourth-order valence-corrected chi connectivity index (χ4v) is 8.66. The van der Waals surface area contributed by atoms with E-state index in [1.165, 1.54) is 18.2 Å². The summed E-state index contributed by atoms with van der Waals surface area (Å²) < 4.78 is 46.6. The third-order valence-electron chi connectivity index (χ3n) is 9.92. The number of aromatic nitrogens is 1. The van der Waals surface area contributed by atoms with E-state index in [0.717, 1.165) is 26.7 Å². The van der Waals surface area contributed by atoms with Crippen LogP contribution in [0, 0.1) is 16.0 Å². The highest BCUT2D eigenvalue weighted by Crippen LogP contribution is 2.46. The third kappa shape index (κ3) is 10.2. The first kappa shape index (κ1) is 44.2. The molecule has 1 saturated heterocycles. The van der Waals surface area contributed by atoms with Crippen molar-refractivity contribution in [3.05, 3.63) is 96.2 Å². The zero-order valence-corrected chi connectivity index (χ0v) is 34.3. The average Bonchev–Trinajstić information content (AvgIpc) is 3.75. The second-order valence-corrected chi connectivity index (χ2v) is 17.2. The number of rotatable bonds is 18. The lowest BCUT2D eigenvalue weighted by Gasteiger charge is -2.32. The van der Waals surface area contributed by atoms with Gasteiger partial charge < -0.3 is 29.7 Å². The predicted molar refractivity (Wildman–Crippen MR) is 217 cm³/mol. The van der Waals surface area contributed by atoms with Crippen LogP contribution in [0.2, 0.25) is 0 Å². The summed E-state index contributed by atoms with van der Waals surface area (Å²) in [5.74, 6) is -2.48. The first-order valence-corrected chi connectivity index (χ1v) is 20.7. The summed E-state index contributed by atoms with van der Waals surface area (Å²) in [5, 5.41) is 18.8. The number of nitrogens with zero attached hydrogens (tertiary/aromatic N) is 4. The first-order chi connectivity index (χ1) is 27.9. The van der Waals surface area contributed by atoms with Crippen molar-refractivity contribution in [2.24, 2.45) is 5.92 Å². The molecule has 316 valence electrons. The molecule has 0 spiro atoms. The third-order valence-corrected chi connectivity index (χ3v) is 11.8. The second kappa shape index (κ2) is 18.4. The van der Waals surface area contributed by atoms with Crippen LogP contribution in [0.1, 0.15) is 53.4 Å². The van der Waals surface area contributed by atoms with E-state index in [0.29, 0.717) is 11.8 Å². The zero-order chi connectivity index (χ0) is 43.1. The van der Waals surface area contributed by atoms with E-state index < -0.39 is 91.2 Å². The monoisotopic (exact) mass is 834 g/mol. The molecule has 2 aliphatic rings. The number of carbonyl (C=O) groups is 4. The van der Waals surface area contributed by atoms with Crippen LogP contribution in [0.3, 0.4) is 0 Å². The fraction of sp³-hybridized carbons (Fsp3) is 0.439. The Morgan fingerprint density at radius 1 is 1.12 bits per heavy atom. The van der Waals surface area contributed by atoms with E-state index in [1.54, 1.807) is 46.0 Å². The fourth-order valence-electron chi connectivity index (χ4n) is 7.01. The Bertz CT molecular complexity index is 2200. The maximum atomic E-state index is 15.0. The largest absolute Gasteiger partial charge is 0.472 e. The molecule has 18 heteroatoms. The molecule has 1 saturated carbocycles. The van der Waals surface area contributed by atoms with Crippen molar-refractivity contribution < 1.29 is 46.7 Å². The number of nitro groups is 1. The summed E-state index contributed by atoms with van der Waals surface area (Å²) in [4.78, 5) is 72.0. The van der Waals surface area contributed by atoms with Crippen molar-refractivity contribution in [3.63, 3.8) is 0 Å². The minimum absolute atomic E-state index is 0.0542. The Morgan fingerprint density at radius 3 is 2.49 bits per heavy atom. The molecule has 5 atom stereocenters. The number of unbranched alkanes of at least 4 members (excludes halogenated alkanes) is 1. The number of likely N-dealkylation sites (tertiary alicyclic amines) is 1. The van der Waals surface area contributed by atoms with Gasteiger partial charge in [-0.3, -0.25) is 19.7 Å². The predicted octanol–water partition coefficient (Wildman–Crippen LogP) is 4.67. The normalized spacial score (nSPS) is 20.6. The number of alkyl carbamates (subject to hydrolysis) is 1. The molecule has 17 nitrogen and oxygen atoms in total. The lowest BCUT2D eigenvalue weighted by molar-refractivity contribution is -0.387. The number of para-hydroxylation sites is 1. The number of nitrogens with one attached hydrogen (secondary N) is 2. The van der Waals surface area contributed by atoms with Gasteiger partial charge in [0.15, 0.2) is 4.90 Å². The molecular formula is C41H50N6O11S. The molecule has 59 heavy (non-hydrogen) atoms. The van der Waals surface area contributed by atoms with Crippen molar-refractivity contribution in [1.29, 1.82) is 0 Å². The second-order valence-electron chi connectivity index (χ2n) is 15.3. The molecule has 0 bridgehead atoms. The van der Waals surface area contributed by atoms with E-state index in [9.17, 15) is 37.7 Å². The van der Waals surface area contributed by atoms with Gasteiger partial charge >= 0.3 is 12.1 Å². The Hall–Kier alpha value is -5.88. The highest BCUT2D eigenvalue weighted by Gasteiger charge is 2.62. The number of nitro benzene ring substituents is 1. The molecule has 1 aromatic heterocycles. The van der Waals surface area contributed by atoms with E-state index in [1.807, 2.05) is 24.3 Å². The standard InChI is InChI=1S/C41H50N6O11S/c1-7-10-15-22-45(59(54,55)34-19-14-13-18-32(34)47(52)53)26-31(43-39(51)58-40(4,5)6)37(49)46-25-29(57-36-30-17-12-11-16-27(30)20-21-42-36)23-33(46)35(48)44-41(24-28(41)8-2)38(50)56-9-3/h7-8,11-14,16-21,28-29,31,33H,1-2,9-10,15,22-26H2,3-6H3,(H,43,51)(H,44,48)/t28-,29+,31+,33-,41-/m1/s1. The summed E-state index contributed by atoms with van der Waals surface area (Å²) in [6, 6.07) is 10.9. The maximum Gasteiger partial charge on any atom is 0.408 e. The Morgan fingerprint density at radius 2 is 1.83 bits per heavy atom. The quantitative estimate of drug-likeness (QED) is 0.0588. The van der Waals surface area contributed by atoms with Gasteiger partial charge in [0, 0.05) is 43.1 Å².